The Morgan fingerprint density at radius 3 is 2.62 bits per heavy atom. The first kappa shape index (κ1) is 9.48. The Morgan fingerprint density at radius 1 is 1.23 bits per heavy atom. The normalized spacial score (nSPS) is 11.0. The zero-order valence-electron chi connectivity index (χ0n) is 6.03. The molecular weight excluding hydrogens is 370 g/mol. The highest BCUT2D eigenvalue weighted by Gasteiger charge is 2.11. The number of H-pyrrole nitrogens is 1. The lowest BCUT2D eigenvalue weighted by molar-refractivity contribution is 0.554. The molecule has 0 aliphatic heterocycles. The predicted octanol–water partition coefficient (Wildman–Crippen LogP) is 3.41. The van der Waals surface area contributed by atoms with Gasteiger partial charge < -0.3 is 4.42 Å². The van der Waals surface area contributed by atoms with Crippen LogP contribution in [0.4, 0.5) is 0 Å². The van der Waals surface area contributed by atoms with E-state index in [9.17, 15) is 4.79 Å². The SMILES string of the molecule is O=c1[nH]c2c(Br)c(Br)cc(Br)c2o1. The number of oxazole rings is 1. The second kappa shape index (κ2) is 3.25. The molecule has 1 heterocycles. The molecule has 3 nitrogen and oxygen atoms in total. The van der Waals surface area contributed by atoms with Crippen molar-refractivity contribution < 1.29 is 4.42 Å². The van der Waals surface area contributed by atoms with Crippen LogP contribution in [-0.4, -0.2) is 4.98 Å². The Kier molecular flexibility index (Phi) is 2.37. The van der Waals surface area contributed by atoms with Gasteiger partial charge in [0, 0.05) is 4.47 Å². The standard InChI is InChI=1S/C7H2Br3NO2/c8-2-1-3(9)6-5(4(2)10)11-7(12)13-6/h1H,(H,11,12). The summed E-state index contributed by atoms with van der Waals surface area (Å²) in [5.41, 5.74) is 1.16. The molecule has 0 aliphatic carbocycles. The molecule has 68 valence electrons. The molecule has 0 amide bonds. The molecule has 0 aliphatic rings. The summed E-state index contributed by atoms with van der Waals surface area (Å²) < 4.78 is 7.28. The summed E-state index contributed by atoms with van der Waals surface area (Å²) in [6.07, 6.45) is 0. The van der Waals surface area contributed by atoms with E-state index in [0.29, 0.717) is 11.1 Å². The predicted molar refractivity (Wildman–Crippen MR) is 59.9 cm³/mol. The minimum Gasteiger partial charge on any atom is -0.407 e. The third-order valence-corrected chi connectivity index (χ3v) is 4.12. The highest BCUT2D eigenvalue weighted by atomic mass is 79.9. The molecule has 0 saturated heterocycles. The van der Waals surface area contributed by atoms with Crippen molar-refractivity contribution in [3.63, 3.8) is 0 Å². The Balaban J connectivity index is 3.04. The first-order chi connectivity index (χ1) is 6.09. The van der Waals surface area contributed by atoms with Crippen LogP contribution in [0, 0.1) is 0 Å². The van der Waals surface area contributed by atoms with E-state index < -0.39 is 5.76 Å². The second-order valence-electron chi connectivity index (χ2n) is 2.37. The molecule has 0 unspecified atom stereocenters. The number of benzene rings is 1. The van der Waals surface area contributed by atoms with Gasteiger partial charge in [-0.05, 0) is 53.9 Å². The maximum absolute atomic E-state index is 10.9. The summed E-state index contributed by atoms with van der Waals surface area (Å²) in [5.74, 6) is -0.463. The van der Waals surface area contributed by atoms with Gasteiger partial charge in [-0.3, -0.25) is 4.98 Å². The van der Waals surface area contributed by atoms with Crippen molar-refractivity contribution in [2.45, 2.75) is 0 Å². The minimum atomic E-state index is -0.463. The van der Waals surface area contributed by atoms with E-state index in [1.165, 1.54) is 0 Å². The molecular formula is C7H2Br3NO2. The van der Waals surface area contributed by atoms with Gasteiger partial charge in [0.05, 0.1) is 8.95 Å². The fraction of sp³-hybridized carbons (Fsp3) is 0. The summed E-state index contributed by atoms with van der Waals surface area (Å²) in [6.45, 7) is 0. The maximum Gasteiger partial charge on any atom is 0.417 e. The van der Waals surface area contributed by atoms with Gasteiger partial charge in [-0.25, -0.2) is 4.79 Å². The zero-order valence-corrected chi connectivity index (χ0v) is 10.8. The van der Waals surface area contributed by atoms with Gasteiger partial charge in [-0.2, -0.15) is 0 Å². The largest absolute Gasteiger partial charge is 0.417 e. The average Bonchev–Trinajstić information content (AvgIpc) is 2.44. The minimum absolute atomic E-state index is 0.463. The lowest BCUT2D eigenvalue weighted by atomic mass is 10.3. The molecule has 1 aromatic heterocycles. The van der Waals surface area contributed by atoms with E-state index >= 15 is 0 Å². The van der Waals surface area contributed by atoms with Gasteiger partial charge in [-0.15, -0.1) is 0 Å². The lowest BCUT2D eigenvalue weighted by Crippen LogP contribution is -1.93. The van der Waals surface area contributed by atoms with Crippen LogP contribution in [0.5, 0.6) is 0 Å². The van der Waals surface area contributed by atoms with E-state index in [4.69, 9.17) is 4.42 Å². The smallest absolute Gasteiger partial charge is 0.407 e. The molecule has 0 atom stereocenters. The zero-order chi connectivity index (χ0) is 9.59. The van der Waals surface area contributed by atoms with Gasteiger partial charge in [0.1, 0.15) is 5.52 Å². The Labute approximate surface area is 97.9 Å². The number of rotatable bonds is 0. The van der Waals surface area contributed by atoms with E-state index in [1.54, 1.807) is 0 Å². The summed E-state index contributed by atoms with van der Waals surface area (Å²) in [4.78, 5) is 13.5. The maximum atomic E-state index is 10.9. The number of aromatic amines is 1. The molecule has 13 heavy (non-hydrogen) atoms. The molecule has 0 saturated carbocycles. The lowest BCUT2D eigenvalue weighted by Gasteiger charge is -1.97. The number of halogens is 3. The van der Waals surface area contributed by atoms with E-state index in [-0.39, 0.29) is 0 Å². The van der Waals surface area contributed by atoms with Crippen molar-refractivity contribution in [1.82, 2.24) is 4.98 Å². The molecule has 1 aromatic carbocycles. The number of hydrogen-bond acceptors (Lipinski definition) is 2. The quantitative estimate of drug-likeness (QED) is 0.721. The van der Waals surface area contributed by atoms with Crippen molar-refractivity contribution >= 4 is 58.9 Å². The molecule has 0 bridgehead atoms. The number of hydrogen-bond donors (Lipinski definition) is 1. The van der Waals surface area contributed by atoms with Gasteiger partial charge in [0.2, 0.25) is 0 Å². The summed E-state index contributed by atoms with van der Waals surface area (Å²) in [6, 6.07) is 1.81. The van der Waals surface area contributed by atoms with E-state index in [1.807, 2.05) is 6.07 Å². The molecule has 0 spiro atoms. The van der Waals surface area contributed by atoms with Crippen LogP contribution in [-0.2, 0) is 0 Å². The van der Waals surface area contributed by atoms with Gasteiger partial charge in [0.15, 0.2) is 5.58 Å². The Hall–Kier alpha value is -0.0700. The third-order valence-electron chi connectivity index (χ3n) is 1.55. The first-order valence-corrected chi connectivity index (χ1v) is 5.64. The topological polar surface area (TPSA) is 46.0 Å². The van der Waals surface area contributed by atoms with Gasteiger partial charge in [0.25, 0.3) is 0 Å². The van der Waals surface area contributed by atoms with Crippen LogP contribution in [0.15, 0.2) is 28.7 Å². The molecule has 6 heteroatoms. The van der Waals surface area contributed by atoms with Crippen LogP contribution in [0.25, 0.3) is 11.1 Å². The highest BCUT2D eigenvalue weighted by molar-refractivity contribution is 9.13. The second-order valence-corrected chi connectivity index (χ2v) is 4.87. The Bertz CT molecular complexity index is 528. The summed E-state index contributed by atoms with van der Waals surface area (Å²) >= 11 is 9.96. The van der Waals surface area contributed by atoms with E-state index in [2.05, 4.69) is 52.8 Å². The van der Waals surface area contributed by atoms with Crippen molar-refractivity contribution in [3.8, 4) is 0 Å². The van der Waals surface area contributed by atoms with Gasteiger partial charge in [-0.1, -0.05) is 0 Å². The fourth-order valence-electron chi connectivity index (χ4n) is 1.01. The highest BCUT2D eigenvalue weighted by Crippen LogP contribution is 2.34. The van der Waals surface area contributed by atoms with Gasteiger partial charge >= 0.3 is 5.76 Å². The number of aromatic nitrogens is 1. The van der Waals surface area contributed by atoms with Crippen LogP contribution < -0.4 is 5.76 Å². The van der Waals surface area contributed by atoms with Crippen LogP contribution >= 0.6 is 47.8 Å². The Morgan fingerprint density at radius 2 is 1.92 bits per heavy atom. The van der Waals surface area contributed by atoms with Crippen molar-refractivity contribution in [1.29, 1.82) is 0 Å². The van der Waals surface area contributed by atoms with Crippen LogP contribution in [0.2, 0.25) is 0 Å². The monoisotopic (exact) mass is 369 g/mol. The number of fused-ring (bicyclic) bond motifs is 1. The third kappa shape index (κ3) is 1.51. The number of nitrogens with one attached hydrogen (secondary N) is 1. The molecule has 2 aromatic rings. The molecule has 2 rings (SSSR count). The summed E-state index contributed by atoms with van der Waals surface area (Å²) in [7, 11) is 0. The van der Waals surface area contributed by atoms with Crippen molar-refractivity contribution in [2.75, 3.05) is 0 Å². The first-order valence-electron chi connectivity index (χ1n) is 3.26. The fourth-order valence-corrected chi connectivity index (χ4v) is 2.65. The van der Waals surface area contributed by atoms with Crippen LogP contribution in [0.1, 0.15) is 0 Å². The average molecular weight is 372 g/mol. The van der Waals surface area contributed by atoms with Crippen molar-refractivity contribution in [2.24, 2.45) is 0 Å². The van der Waals surface area contributed by atoms with Crippen LogP contribution in [0.3, 0.4) is 0 Å². The summed E-state index contributed by atoms with van der Waals surface area (Å²) in [5, 5.41) is 0. The van der Waals surface area contributed by atoms with Crippen molar-refractivity contribution in [3.05, 3.63) is 30.0 Å². The molecule has 0 radical (unpaired) electrons. The molecule has 1 N–H and O–H groups in total. The molecule has 0 fully saturated rings. The van der Waals surface area contributed by atoms with E-state index in [0.717, 1.165) is 13.4 Å².